The summed E-state index contributed by atoms with van der Waals surface area (Å²) in [7, 11) is 0. The van der Waals surface area contributed by atoms with Gasteiger partial charge in [0.1, 0.15) is 18.1 Å². The summed E-state index contributed by atoms with van der Waals surface area (Å²) in [6.45, 7) is 5.25. The van der Waals surface area contributed by atoms with Crippen molar-refractivity contribution in [1.82, 2.24) is 20.5 Å². The number of pyridine rings is 1. The van der Waals surface area contributed by atoms with Gasteiger partial charge in [-0.05, 0) is 31.5 Å². The van der Waals surface area contributed by atoms with E-state index in [4.69, 9.17) is 9.84 Å². The third-order valence-corrected chi connectivity index (χ3v) is 4.29. The molecule has 0 bridgehead atoms. The van der Waals surface area contributed by atoms with Gasteiger partial charge in [-0.25, -0.2) is 4.79 Å². The minimum Gasteiger partial charge on any atom is -0.487 e. The molecule has 0 fully saturated rings. The highest BCUT2D eigenvalue weighted by Crippen LogP contribution is 2.18. The maximum Gasteiger partial charge on any atom is 0.335 e. The van der Waals surface area contributed by atoms with Crippen molar-refractivity contribution in [2.45, 2.75) is 33.4 Å². The van der Waals surface area contributed by atoms with Crippen LogP contribution in [0.25, 0.3) is 0 Å². The number of aromatic carboxylic acids is 1. The maximum atomic E-state index is 11.2. The number of carbonyl (C=O) groups is 1. The van der Waals surface area contributed by atoms with Crippen LogP contribution in [-0.2, 0) is 19.6 Å². The lowest BCUT2D eigenvalue weighted by Gasteiger charge is -2.12. The summed E-state index contributed by atoms with van der Waals surface area (Å²) >= 11 is 0. The van der Waals surface area contributed by atoms with Gasteiger partial charge >= 0.3 is 5.97 Å². The monoisotopic (exact) mass is 392 g/mol. The summed E-state index contributed by atoms with van der Waals surface area (Å²) in [4.78, 5) is 15.5. The number of carboxylic acid groups (broad SMARTS) is 1. The Balaban J connectivity index is 1.57. The van der Waals surface area contributed by atoms with E-state index in [9.17, 15) is 4.79 Å². The number of nitrogens with zero attached hydrogens (tertiary/aromatic N) is 3. The van der Waals surface area contributed by atoms with E-state index in [2.05, 4.69) is 20.5 Å². The fourth-order valence-corrected chi connectivity index (χ4v) is 2.90. The smallest absolute Gasteiger partial charge is 0.335 e. The third kappa shape index (κ3) is 6.08. The number of hydrogen-bond acceptors (Lipinski definition) is 6. The SMILES string of the molecule is Cc1cc(OCc2ccccc2)c(CCNCc2cc(C(=O)O)cc(C)n2)nn1. The largest absolute Gasteiger partial charge is 0.487 e. The van der Waals surface area contributed by atoms with E-state index < -0.39 is 5.97 Å². The molecule has 2 aromatic heterocycles. The molecule has 1 aromatic carbocycles. The Hall–Kier alpha value is -3.32. The predicted octanol–water partition coefficient (Wildman–Crippen LogP) is 3.10. The van der Waals surface area contributed by atoms with Gasteiger partial charge in [-0.3, -0.25) is 4.98 Å². The van der Waals surface area contributed by atoms with Crippen LogP contribution in [0, 0.1) is 13.8 Å². The Labute approximate surface area is 169 Å². The van der Waals surface area contributed by atoms with Crippen LogP contribution >= 0.6 is 0 Å². The predicted molar refractivity (Wildman–Crippen MR) is 109 cm³/mol. The summed E-state index contributed by atoms with van der Waals surface area (Å²) in [6, 6.07) is 15.0. The molecule has 0 aliphatic rings. The van der Waals surface area contributed by atoms with Crippen molar-refractivity contribution >= 4 is 5.97 Å². The lowest BCUT2D eigenvalue weighted by atomic mass is 10.2. The van der Waals surface area contributed by atoms with E-state index in [0.717, 1.165) is 22.7 Å². The molecular weight excluding hydrogens is 368 g/mol. The minimum atomic E-state index is -0.952. The number of aryl methyl sites for hydroxylation is 2. The summed E-state index contributed by atoms with van der Waals surface area (Å²) < 4.78 is 5.97. The van der Waals surface area contributed by atoms with Crippen LogP contribution in [-0.4, -0.2) is 32.8 Å². The Morgan fingerprint density at radius 3 is 2.62 bits per heavy atom. The lowest BCUT2D eigenvalue weighted by Crippen LogP contribution is -2.19. The van der Waals surface area contributed by atoms with Gasteiger partial charge < -0.3 is 15.2 Å². The zero-order valence-corrected chi connectivity index (χ0v) is 16.6. The van der Waals surface area contributed by atoms with E-state index >= 15 is 0 Å². The quantitative estimate of drug-likeness (QED) is 0.540. The number of carboxylic acids is 1. The molecule has 0 aliphatic heterocycles. The second kappa shape index (κ2) is 9.75. The summed E-state index contributed by atoms with van der Waals surface area (Å²) in [6.07, 6.45) is 0.634. The number of benzene rings is 1. The van der Waals surface area contributed by atoms with E-state index in [1.54, 1.807) is 19.1 Å². The number of aromatic nitrogens is 3. The Kier molecular flexibility index (Phi) is 6.86. The van der Waals surface area contributed by atoms with Crippen LogP contribution in [0.1, 0.15) is 38.7 Å². The fourth-order valence-electron chi connectivity index (χ4n) is 2.90. The average molecular weight is 392 g/mol. The first-order valence-corrected chi connectivity index (χ1v) is 9.43. The molecule has 7 nitrogen and oxygen atoms in total. The van der Waals surface area contributed by atoms with E-state index in [-0.39, 0.29) is 5.56 Å². The molecule has 0 unspecified atom stereocenters. The highest BCUT2D eigenvalue weighted by molar-refractivity contribution is 5.87. The second-order valence-electron chi connectivity index (χ2n) is 6.79. The topological polar surface area (TPSA) is 97.2 Å². The van der Waals surface area contributed by atoms with Crippen molar-refractivity contribution in [2.75, 3.05) is 6.54 Å². The molecule has 0 saturated carbocycles. The zero-order chi connectivity index (χ0) is 20.6. The number of nitrogens with one attached hydrogen (secondary N) is 1. The zero-order valence-electron chi connectivity index (χ0n) is 16.6. The molecule has 2 heterocycles. The normalized spacial score (nSPS) is 10.7. The molecule has 0 aliphatic carbocycles. The first-order valence-electron chi connectivity index (χ1n) is 9.43. The molecule has 0 spiro atoms. The summed E-state index contributed by atoms with van der Waals surface area (Å²) in [5, 5.41) is 20.9. The molecule has 2 N–H and O–H groups in total. The van der Waals surface area contributed by atoms with Gasteiger partial charge in [0.25, 0.3) is 0 Å². The molecule has 0 atom stereocenters. The molecule has 150 valence electrons. The van der Waals surface area contributed by atoms with Crippen molar-refractivity contribution < 1.29 is 14.6 Å². The standard InChI is InChI=1S/C22H24N4O3/c1-15-10-18(22(27)28)12-19(24-15)13-23-9-8-20-21(11-16(2)25-26-20)29-14-17-6-4-3-5-7-17/h3-7,10-12,23H,8-9,13-14H2,1-2H3,(H,27,28). The lowest BCUT2D eigenvalue weighted by molar-refractivity contribution is 0.0696. The van der Waals surface area contributed by atoms with Crippen LogP contribution in [0.3, 0.4) is 0 Å². The van der Waals surface area contributed by atoms with Crippen molar-refractivity contribution in [3.05, 3.63) is 82.4 Å². The second-order valence-corrected chi connectivity index (χ2v) is 6.79. The molecule has 7 heteroatoms. The summed E-state index contributed by atoms with van der Waals surface area (Å²) in [5.41, 5.74) is 4.29. The van der Waals surface area contributed by atoms with Crippen LogP contribution in [0.2, 0.25) is 0 Å². The van der Waals surface area contributed by atoms with Gasteiger partial charge in [0.2, 0.25) is 0 Å². The highest BCUT2D eigenvalue weighted by atomic mass is 16.5. The Morgan fingerprint density at radius 1 is 1.07 bits per heavy atom. The Bertz CT molecular complexity index is 977. The van der Waals surface area contributed by atoms with Crippen molar-refractivity contribution in [3.8, 4) is 5.75 Å². The van der Waals surface area contributed by atoms with Gasteiger partial charge in [-0.1, -0.05) is 30.3 Å². The third-order valence-electron chi connectivity index (χ3n) is 4.29. The van der Waals surface area contributed by atoms with Crippen LogP contribution < -0.4 is 10.1 Å². The minimum absolute atomic E-state index is 0.246. The molecule has 0 amide bonds. The van der Waals surface area contributed by atoms with Crippen molar-refractivity contribution in [3.63, 3.8) is 0 Å². The molecule has 3 aromatic rings. The fraction of sp³-hybridized carbons (Fsp3) is 0.273. The number of ether oxygens (including phenoxy) is 1. The van der Waals surface area contributed by atoms with Gasteiger partial charge in [0, 0.05) is 31.3 Å². The molecule has 29 heavy (non-hydrogen) atoms. The van der Waals surface area contributed by atoms with Crippen molar-refractivity contribution in [1.29, 1.82) is 0 Å². The van der Waals surface area contributed by atoms with Crippen LogP contribution in [0.15, 0.2) is 48.5 Å². The van der Waals surface area contributed by atoms with Crippen LogP contribution in [0.5, 0.6) is 5.75 Å². The van der Waals surface area contributed by atoms with Gasteiger partial charge in [-0.15, -0.1) is 0 Å². The molecular formula is C22H24N4O3. The Morgan fingerprint density at radius 2 is 1.86 bits per heavy atom. The first kappa shape index (κ1) is 20.4. The van der Waals surface area contributed by atoms with Crippen molar-refractivity contribution in [2.24, 2.45) is 0 Å². The van der Waals surface area contributed by atoms with Gasteiger partial charge in [0.05, 0.1) is 17.0 Å². The molecule has 0 saturated heterocycles. The summed E-state index contributed by atoms with van der Waals surface area (Å²) in [5.74, 6) is -0.225. The van der Waals surface area contributed by atoms with Crippen LogP contribution in [0.4, 0.5) is 0 Å². The van der Waals surface area contributed by atoms with Gasteiger partial charge in [-0.2, -0.15) is 10.2 Å². The molecule has 3 rings (SSSR count). The number of hydrogen-bond donors (Lipinski definition) is 2. The van der Waals surface area contributed by atoms with Gasteiger partial charge in [0.15, 0.2) is 0 Å². The first-order chi connectivity index (χ1) is 14.0. The highest BCUT2D eigenvalue weighted by Gasteiger charge is 2.09. The van der Waals surface area contributed by atoms with E-state index in [1.165, 1.54) is 0 Å². The van der Waals surface area contributed by atoms with E-state index in [0.29, 0.717) is 37.5 Å². The number of rotatable bonds is 9. The van der Waals surface area contributed by atoms with E-state index in [1.807, 2.05) is 43.3 Å². The maximum absolute atomic E-state index is 11.2. The molecule has 0 radical (unpaired) electrons. The average Bonchev–Trinajstić information content (AvgIpc) is 2.71.